The number of nitrogens with zero attached hydrogens (tertiary/aromatic N) is 4. The first-order valence-corrected chi connectivity index (χ1v) is 9.05. The van der Waals surface area contributed by atoms with Gasteiger partial charge in [0.25, 0.3) is 0 Å². The first kappa shape index (κ1) is 19.3. The maximum absolute atomic E-state index is 12.4. The van der Waals surface area contributed by atoms with Crippen molar-refractivity contribution >= 4 is 5.95 Å². The average molecular weight is 374 g/mol. The number of morpholine rings is 1. The van der Waals surface area contributed by atoms with Gasteiger partial charge in [0, 0.05) is 57.6 Å². The van der Waals surface area contributed by atoms with Gasteiger partial charge in [0.2, 0.25) is 5.95 Å². The van der Waals surface area contributed by atoms with Gasteiger partial charge in [0.15, 0.2) is 0 Å². The standard InChI is InChI=1S/C17H25F3N4O2/c18-17(19,20)4-2-14-3-5-21-16(22-14)24-6-1-9-26-15(13-24)12-23-7-10-25-11-8-23/h3,5,15H,1-2,4,6-13H2/t15-/m1/s1. The molecular weight excluding hydrogens is 349 g/mol. The third-order valence-corrected chi connectivity index (χ3v) is 4.56. The van der Waals surface area contributed by atoms with Gasteiger partial charge in [-0.3, -0.25) is 4.90 Å². The van der Waals surface area contributed by atoms with Crippen LogP contribution in [0.15, 0.2) is 12.3 Å². The summed E-state index contributed by atoms with van der Waals surface area (Å²) in [6.07, 6.45) is -2.76. The van der Waals surface area contributed by atoms with Crippen LogP contribution in [0.25, 0.3) is 0 Å². The van der Waals surface area contributed by atoms with Crippen LogP contribution in [-0.4, -0.2) is 79.7 Å². The molecule has 0 N–H and O–H groups in total. The Balaban J connectivity index is 1.61. The molecule has 1 aromatic rings. The summed E-state index contributed by atoms with van der Waals surface area (Å²) in [6, 6.07) is 1.55. The van der Waals surface area contributed by atoms with Crippen LogP contribution in [0.2, 0.25) is 0 Å². The van der Waals surface area contributed by atoms with E-state index in [1.54, 1.807) is 6.07 Å². The fourth-order valence-electron chi connectivity index (χ4n) is 3.20. The quantitative estimate of drug-likeness (QED) is 0.785. The molecule has 0 unspecified atom stereocenters. The first-order valence-electron chi connectivity index (χ1n) is 9.05. The van der Waals surface area contributed by atoms with E-state index in [0.717, 1.165) is 45.8 Å². The monoisotopic (exact) mass is 374 g/mol. The van der Waals surface area contributed by atoms with Crippen molar-refractivity contribution in [2.75, 3.05) is 57.4 Å². The number of halogens is 3. The molecule has 1 atom stereocenters. The SMILES string of the molecule is FC(F)(F)CCc1ccnc(N2CCCO[C@H](CN3CCOCC3)C2)n1. The fraction of sp³-hybridized carbons (Fsp3) is 0.765. The minimum atomic E-state index is -4.18. The molecule has 26 heavy (non-hydrogen) atoms. The molecule has 2 saturated heterocycles. The Morgan fingerprint density at radius 3 is 2.73 bits per heavy atom. The van der Waals surface area contributed by atoms with Crippen LogP contribution < -0.4 is 4.90 Å². The molecule has 3 heterocycles. The van der Waals surface area contributed by atoms with Crippen molar-refractivity contribution in [2.45, 2.75) is 31.5 Å². The lowest BCUT2D eigenvalue weighted by atomic mass is 10.2. The topological polar surface area (TPSA) is 50.7 Å². The van der Waals surface area contributed by atoms with Crippen molar-refractivity contribution in [3.63, 3.8) is 0 Å². The van der Waals surface area contributed by atoms with Crippen molar-refractivity contribution in [1.29, 1.82) is 0 Å². The van der Waals surface area contributed by atoms with Gasteiger partial charge in [-0.1, -0.05) is 0 Å². The lowest BCUT2D eigenvalue weighted by Crippen LogP contribution is -2.45. The molecule has 9 heteroatoms. The summed E-state index contributed by atoms with van der Waals surface area (Å²) in [5.74, 6) is 0.488. The summed E-state index contributed by atoms with van der Waals surface area (Å²) in [4.78, 5) is 13.0. The van der Waals surface area contributed by atoms with Crippen LogP contribution in [-0.2, 0) is 15.9 Å². The van der Waals surface area contributed by atoms with E-state index < -0.39 is 12.6 Å². The van der Waals surface area contributed by atoms with Crippen molar-refractivity contribution in [3.8, 4) is 0 Å². The first-order chi connectivity index (χ1) is 12.5. The van der Waals surface area contributed by atoms with Gasteiger partial charge in [-0.05, 0) is 18.9 Å². The van der Waals surface area contributed by atoms with E-state index in [1.807, 2.05) is 4.90 Å². The lowest BCUT2D eigenvalue weighted by Gasteiger charge is -2.31. The molecule has 6 nitrogen and oxygen atoms in total. The van der Waals surface area contributed by atoms with Gasteiger partial charge < -0.3 is 14.4 Å². The van der Waals surface area contributed by atoms with Crippen molar-refractivity contribution in [1.82, 2.24) is 14.9 Å². The van der Waals surface area contributed by atoms with Crippen molar-refractivity contribution < 1.29 is 22.6 Å². The Kier molecular flexibility index (Phi) is 6.66. The minimum Gasteiger partial charge on any atom is -0.379 e. The lowest BCUT2D eigenvalue weighted by molar-refractivity contribution is -0.134. The predicted octanol–water partition coefficient (Wildman–Crippen LogP) is 1.90. The fourth-order valence-corrected chi connectivity index (χ4v) is 3.20. The highest BCUT2D eigenvalue weighted by molar-refractivity contribution is 5.31. The Hall–Kier alpha value is -1.45. The molecule has 0 amide bonds. The molecule has 0 aromatic carbocycles. The normalized spacial score (nSPS) is 23.0. The largest absolute Gasteiger partial charge is 0.389 e. The third kappa shape index (κ3) is 6.07. The van der Waals surface area contributed by atoms with Gasteiger partial charge in [-0.2, -0.15) is 13.2 Å². The highest BCUT2D eigenvalue weighted by Gasteiger charge is 2.27. The molecule has 0 spiro atoms. The van der Waals surface area contributed by atoms with Crippen LogP contribution in [0.4, 0.5) is 19.1 Å². The molecule has 2 fully saturated rings. The molecule has 0 bridgehead atoms. The van der Waals surface area contributed by atoms with Gasteiger partial charge in [0.1, 0.15) is 0 Å². The van der Waals surface area contributed by atoms with Crippen molar-refractivity contribution in [2.24, 2.45) is 0 Å². The second-order valence-electron chi connectivity index (χ2n) is 6.67. The van der Waals surface area contributed by atoms with E-state index in [0.29, 0.717) is 24.8 Å². The predicted molar refractivity (Wildman–Crippen MR) is 90.2 cm³/mol. The summed E-state index contributed by atoms with van der Waals surface area (Å²) in [6.45, 7) is 6.11. The van der Waals surface area contributed by atoms with Gasteiger partial charge >= 0.3 is 6.18 Å². The molecule has 0 radical (unpaired) electrons. The second-order valence-corrected chi connectivity index (χ2v) is 6.67. The zero-order valence-corrected chi connectivity index (χ0v) is 14.7. The van der Waals surface area contributed by atoms with Crippen LogP contribution >= 0.6 is 0 Å². The number of aromatic nitrogens is 2. The maximum atomic E-state index is 12.4. The minimum absolute atomic E-state index is 0.0260. The Bertz CT molecular complexity index is 567. The second kappa shape index (κ2) is 8.96. The average Bonchev–Trinajstić information content (AvgIpc) is 2.86. The van der Waals surface area contributed by atoms with Gasteiger partial charge in [-0.15, -0.1) is 0 Å². The highest BCUT2D eigenvalue weighted by atomic mass is 19.4. The number of ether oxygens (including phenoxy) is 2. The molecular formula is C17H25F3N4O2. The summed E-state index contributed by atoms with van der Waals surface area (Å²) in [5.41, 5.74) is 0.419. The van der Waals surface area contributed by atoms with E-state index in [4.69, 9.17) is 9.47 Å². The number of anilines is 1. The van der Waals surface area contributed by atoms with Crippen LogP contribution in [0, 0.1) is 0 Å². The summed E-state index contributed by atoms with van der Waals surface area (Å²) < 4.78 is 48.6. The zero-order chi connectivity index (χ0) is 18.4. The number of hydrogen-bond acceptors (Lipinski definition) is 6. The van der Waals surface area contributed by atoms with Crippen molar-refractivity contribution in [3.05, 3.63) is 18.0 Å². The maximum Gasteiger partial charge on any atom is 0.389 e. The smallest absolute Gasteiger partial charge is 0.379 e. The number of rotatable bonds is 5. The van der Waals surface area contributed by atoms with E-state index in [1.165, 1.54) is 6.20 Å². The zero-order valence-electron chi connectivity index (χ0n) is 14.7. The number of hydrogen-bond donors (Lipinski definition) is 0. The highest BCUT2D eigenvalue weighted by Crippen LogP contribution is 2.22. The molecule has 146 valence electrons. The van der Waals surface area contributed by atoms with Gasteiger partial charge in [-0.25, -0.2) is 9.97 Å². The molecule has 0 saturated carbocycles. The summed E-state index contributed by atoms with van der Waals surface area (Å²) in [7, 11) is 0. The van der Waals surface area contributed by atoms with E-state index >= 15 is 0 Å². The van der Waals surface area contributed by atoms with Crippen LogP contribution in [0.5, 0.6) is 0 Å². The van der Waals surface area contributed by atoms with Crippen LogP contribution in [0.1, 0.15) is 18.5 Å². The Labute approximate surface area is 151 Å². The molecule has 1 aromatic heterocycles. The molecule has 0 aliphatic carbocycles. The summed E-state index contributed by atoms with van der Waals surface area (Å²) in [5, 5.41) is 0. The van der Waals surface area contributed by atoms with Gasteiger partial charge in [0.05, 0.1) is 19.3 Å². The Morgan fingerprint density at radius 1 is 1.15 bits per heavy atom. The van der Waals surface area contributed by atoms with E-state index in [9.17, 15) is 13.2 Å². The summed E-state index contributed by atoms with van der Waals surface area (Å²) >= 11 is 0. The molecule has 2 aliphatic heterocycles. The third-order valence-electron chi connectivity index (χ3n) is 4.56. The van der Waals surface area contributed by atoms with Crippen LogP contribution in [0.3, 0.4) is 0 Å². The van der Waals surface area contributed by atoms with E-state index in [2.05, 4.69) is 14.9 Å². The number of aryl methyl sites for hydroxylation is 1. The Morgan fingerprint density at radius 2 is 1.96 bits per heavy atom. The molecule has 2 aliphatic rings. The molecule has 3 rings (SSSR count). The number of alkyl halides is 3. The van der Waals surface area contributed by atoms with E-state index in [-0.39, 0.29) is 12.5 Å².